The number of nitrogens with zero attached hydrogens (tertiary/aromatic N) is 2. The van der Waals surface area contributed by atoms with Crippen molar-refractivity contribution in [3.63, 3.8) is 0 Å². The zero-order valence-electron chi connectivity index (χ0n) is 8.43. The quantitative estimate of drug-likeness (QED) is 0.565. The molecule has 1 fully saturated rings. The summed E-state index contributed by atoms with van der Waals surface area (Å²) in [6.07, 6.45) is 1.52. The fourth-order valence-corrected chi connectivity index (χ4v) is 1.33. The monoisotopic (exact) mass is 221 g/mol. The van der Waals surface area contributed by atoms with Gasteiger partial charge in [0.2, 0.25) is 11.8 Å². The van der Waals surface area contributed by atoms with Crippen molar-refractivity contribution in [3.8, 4) is 0 Å². The molecule has 1 aromatic heterocycles. The summed E-state index contributed by atoms with van der Waals surface area (Å²) in [7, 11) is 0. The average molecular weight is 221 g/mol. The van der Waals surface area contributed by atoms with Crippen LogP contribution < -0.4 is 16.0 Å². The van der Waals surface area contributed by atoms with Gasteiger partial charge in [-0.3, -0.25) is 14.9 Å². The number of rotatable bonds is 2. The van der Waals surface area contributed by atoms with E-state index in [1.54, 1.807) is 12.1 Å². The van der Waals surface area contributed by atoms with Gasteiger partial charge in [0, 0.05) is 12.7 Å². The van der Waals surface area contributed by atoms with Gasteiger partial charge in [-0.25, -0.2) is 0 Å². The van der Waals surface area contributed by atoms with Crippen LogP contribution in [0.2, 0.25) is 0 Å². The summed E-state index contributed by atoms with van der Waals surface area (Å²) in [6.45, 7) is 0.434. The van der Waals surface area contributed by atoms with E-state index in [-0.39, 0.29) is 24.9 Å². The van der Waals surface area contributed by atoms with E-state index >= 15 is 0 Å². The Kier molecular flexibility index (Phi) is 3.06. The van der Waals surface area contributed by atoms with Crippen molar-refractivity contribution in [3.05, 3.63) is 18.3 Å². The Morgan fingerprint density at radius 3 is 3.06 bits per heavy atom. The van der Waals surface area contributed by atoms with Gasteiger partial charge in [0.25, 0.3) is 0 Å². The van der Waals surface area contributed by atoms with E-state index in [2.05, 4.69) is 26.1 Å². The van der Waals surface area contributed by atoms with E-state index in [1.165, 1.54) is 6.20 Å². The molecule has 0 aliphatic carbocycles. The molecule has 0 bridgehead atoms. The number of amides is 2. The summed E-state index contributed by atoms with van der Waals surface area (Å²) in [5.41, 5.74) is 0. The van der Waals surface area contributed by atoms with Crippen molar-refractivity contribution >= 4 is 17.6 Å². The Hall–Kier alpha value is -2.02. The normalized spacial score (nSPS) is 20.0. The van der Waals surface area contributed by atoms with Crippen molar-refractivity contribution < 1.29 is 9.59 Å². The summed E-state index contributed by atoms with van der Waals surface area (Å²) >= 11 is 0. The van der Waals surface area contributed by atoms with Gasteiger partial charge in [0.15, 0.2) is 5.82 Å². The molecule has 0 saturated carbocycles. The largest absolute Gasteiger partial charge is 0.353 e. The van der Waals surface area contributed by atoms with Crippen LogP contribution in [0, 0.1) is 0 Å². The molecule has 2 rings (SSSR count). The topological polar surface area (TPSA) is 96.0 Å². The van der Waals surface area contributed by atoms with E-state index in [0.29, 0.717) is 5.82 Å². The van der Waals surface area contributed by atoms with Gasteiger partial charge in [-0.2, -0.15) is 5.10 Å². The molecule has 2 heterocycles. The highest BCUT2D eigenvalue weighted by Gasteiger charge is 2.23. The van der Waals surface area contributed by atoms with Crippen LogP contribution in [0.3, 0.4) is 0 Å². The van der Waals surface area contributed by atoms with Crippen molar-refractivity contribution in [2.45, 2.75) is 6.04 Å². The maximum Gasteiger partial charge on any atom is 0.244 e. The molecule has 7 heteroatoms. The van der Waals surface area contributed by atoms with Crippen LogP contribution in [-0.4, -0.2) is 41.1 Å². The standard InChI is InChI=1S/C9H11N5O2/c15-8-5-10-6(4-11-8)9(16)13-7-2-1-3-12-14-7/h1-3,6,10H,4-5H2,(H,11,15)(H,13,14,16). The van der Waals surface area contributed by atoms with Gasteiger partial charge < -0.3 is 10.6 Å². The second kappa shape index (κ2) is 4.67. The zero-order valence-corrected chi connectivity index (χ0v) is 8.43. The number of carbonyl (C=O) groups is 2. The Balaban J connectivity index is 1.91. The molecule has 2 amide bonds. The molecule has 1 unspecified atom stereocenters. The Morgan fingerprint density at radius 2 is 2.44 bits per heavy atom. The van der Waals surface area contributed by atoms with Gasteiger partial charge in [-0.1, -0.05) is 0 Å². The third-order valence-corrected chi connectivity index (χ3v) is 2.15. The minimum atomic E-state index is -0.431. The average Bonchev–Trinajstić information content (AvgIpc) is 2.31. The van der Waals surface area contributed by atoms with Crippen LogP contribution in [0.15, 0.2) is 18.3 Å². The maximum atomic E-state index is 11.7. The van der Waals surface area contributed by atoms with Crippen molar-refractivity contribution in [2.24, 2.45) is 0 Å². The molecule has 1 saturated heterocycles. The highest BCUT2D eigenvalue weighted by Crippen LogP contribution is 1.99. The highest BCUT2D eigenvalue weighted by molar-refractivity contribution is 5.95. The number of nitrogens with one attached hydrogen (secondary N) is 3. The van der Waals surface area contributed by atoms with Gasteiger partial charge >= 0.3 is 0 Å². The fraction of sp³-hybridized carbons (Fsp3) is 0.333. The van der Waals surface area contributed by atoms with Gasteiger partial charge in [-0.15, -0.1) is 5.10 Å². The van der Waals surface area contributed by atoms with Gasteiger partial charge in [0.1, 0.15) is 6.04 Å². The summed E-state index contributed by atoms with van der Waals surface area (Å²) in [5, 5.41) is 15.4. The van der Waals surface area contributed by atoms with Crippen LogP contribution >= 0.6 is 0 Å². The Morgan fingerprint density at radius 1 is 1.56 bits per heavy atom. The van der Waals surface area contributed by atoms with E-state index in [1.807, 2.05) is 0 Å². The molecule has 0 radical (unpaired) electrons. The van der Waals surface area contributed by atoms with E-state index in [4.69, 9.17) is 0 Å². The number of hydrogen-bond acceptors (Lipinski definition) is 5. The smallest absolute Gasteiger partial charge is 0.244 e. The lowest BCUT2D eigenvalue weighted by atomic mass is 10.2. The van der Waals surface area contributed by atoms with Crippen LogP contribution in [-0.2, 0) is 9.59 Å². The van der Waals surface area contributed by atoms with Crippen LogP contribution in [0.25, 0.3) is 0 Å². The molecule has 1 aliphatic heterocycles. The minimum Gasteiger partial charge on any atom is -0.353 e. The third-order valence-electron chi connectivity index (χ3n) is 2.15. The minimum absolute atomic E-state index is 0.108. The first-order chi connectivity index (χ1) is 7.75. The van der Waals surface area contributed by atoms with Gasteiger partial charge in [0.05, 0.1) is 6.54 Å². The van der Waals surface area contributed by atoms with Crippen LogP contribution in [0.1, 0.15) is 0 Å². The third kappa shape index (κ3) is 2.51. The summed E-state index contributed by atoms with van der Waals surface area (Å²) in [5.74, 6) is 0.0512. The number of piperazine rings is 1. The molecule has 0 spiro atoms. The first-order valence-corrected chi connectivity index (χ1v) is 4.84. The maximum absolute atomic E-state index is 11.7. The molecule has 0 aromatic carbocycles. The molecule has 1 aliphatic rings. The SMILES string of the molecule is O=C1CNC(C(=O)Nc2cccnn2)CN1. The second-order valence-electron chi connectivity index (χ2n) is 3.34. The predicted octanol–water partition coefficient (Wildman–Crippen LogP) is -1.50. The van der Waals surface area contributed by atoms with Crippen LogP contribution in [0.5, 0.6) is 0 Å². The molecular weight excluding hydrogens is 210 g/mol. The molecule has 7 nitrogen and oxygen atoms in total. The number of carbonyl (C=O) groups excluding carboxylic acids is 2. The van der Waals surface area contributed by atoms with E-state index in [0.717, 1.165) is 0 Å². The zero-order chi connectivity index (χ0) is 11.4. The van der Waals surface area contributed by atoms with Crippen molar-refractivity contribution in [1.82, 2.24) is 20.8 Å². The second-order valence-corrected chi connectivity index (χ2v) is 3.34. The predicted molar refractivity (Wildman–Crippen MR) is 55.5 cm³/mol. The lowest BCUT2D eigenvalue weighted by molar-refractivity contribution is -0.124. The lowest BCUT2D eigenvalue weighted by Gasteiger charge is -2.22. The summed E-state index contributed by atoms with van der Waals surface area (Å²) in [6, 6.07) is 2.89. The number of hydrogen-bond donors (Lipinski definition) is 3. The first kappa shape index (κ1) is 10.5. The number of aromatic nitrogens is 2. The fourth-order valence-electron chi connectivity index (χ4n) is 1.33. The molecule has 3 N–H and O–H groups in total. The van der Waals surface area contributed by atoms with Crippen molar-refractivity contribution in [1.29, 1.82) is 0 Å². The van der Waals surface area contributed by atoms with Gasteiger partial charge in [-0.05, 0) is 12.1 Å². The number of anilines is 1. The first-order valence-electron chi connectivity index (χ1n) is 4.84. The summed E-state index contributed by atoms with van der Waals surface area (Å²) in [4.78, 5) is 22.5. The Labute approximate surface area is 91.6 Å². The highest BCUT2D eigenvalue weighted by atomic mass is 16.2. The molecular formula is C9H11N5O2. The lowest BCUT2D eigenvalue weighted by Crippen LogP contribution is -2.56. The molecule has 84 valence electrons. The molecule has 1 atom stereocenters. The van der Waals surface area contributed by atoms with E-state index in [9.17, 15) is 9.59 Å². The van der Waals surface area contributed by atoms with Crippen molar-refractivity contribution in [2.75, 3.05) is 18.4 Å². The van der Waals surface area contributed by atoms with Crippen LogP contribution in [0.4, 0.5) is 5.82 Å². The van der Waals surface area contributed by atoms with E-state index < -0.39 is 6.04 Å². The Bertz CT molecular complexity index is 384. The summed E-state index contributed by atoms with van der Waals surface area (Å²) < 4.78 is 0. The molecule has 1 aromatic rings. The molecule has 16 heavy (non-hydrogen) atoms.